The number of methoxy groups -OCH3 is 1. The Kier molecular flexibility index (Phi) is 5.21. The van der Waals surface area contributed by atoms with Crippen molar-refractivity contribution in [3.05, 3.63) is 87.2 Å². The van der Waals surface area contributed by atoms with Gasteiger partial charge in [-0.1, -0.05) is 42.5 Å². The van der Waals surface area contributed by atoms with E-state index in [1.54, 1.807) is 25.4 Å². The molecule has 0 radical (unpaired) electrons. The van der Waals surface area contributed by atoms with Crippen molar-refractivity contribution < 1.29 is 9.53 Å². The molecule has 2 heterocycles. The number of amides is 1. The van der Waals surface area contributed by atoms with Crippen LogP contribution in [0.25, 0.3) is 22.2 Å². The fourth-order valence-electron chi connectivity index (χ4n) is 3.26. The van der Waals surface area contributed by atoms with Gasteiger partial charge in [0.2, 0.25) is 5.91 Å². The molecule has 0 saturated carbocycles. The number of hydrogen-bond donors (Lipinski definition) is 3. The van der Waals surface area contributed by atoms with E-state index < -0.39 is 17.2 Å². The molecule has 0 unspecified atom stereocenters. The largest absolute Gasteiger partial charge is 0.497 e. The van der Waals surface area contributed by atoms with Gasteiger partial charge in [0.1, 0.15) is 17.8 Å². The summed E-state index contributed by atoms with van der Waals surface area (Å²) in [5.41, 5.74) is 1.95. The van der Waals surface area contributed by atoms with Crippen molar-refractivity contribution in [1.82, 2.24) is 19.9 Å². The average Bonchev–Trinajstić information content (AvgIpc) is 3.20. The summed E-state index contributed by atoms with van der Waals surface area (Å²) in [6, 6.07) is 16.7. The van der Waals surface area contributed by atoms with Gasteiger partial charge in [-0.2, -0.15) is 0 Å². The van der Waals surface area contributed by atoms with Gasteiger partial charge in [-0.15, -0.1) is 0 Å². The summed E-state index contributed by atoms with van der Waals surface area (Å²) in [4.78, 5) is 43.3. The van der Waals surface area contributed by atoms with E-state index >= 15 is 0 Å². The number of aromatic nitrogens is 3. The number of fused-ring (bicyclic) bond motifs is 1. The van der Waals surface area contributed by atoms with Crippen molar-refractivity contribution in [2.24, 2.45) is 0 Å². The van der Waals surface area contributed by atoms with Gasteiger partial charge >= 0.3 is 5.69 Å². The third kappa shape index (κ3) is 3.75. The normalized spacial score (nSPS) is 10.8. The Morgan fingerprint density at radius 2 is 1.77 bits per heavy atom. The molecule has 152 valence electrons. The molecule has 2 aromatic carbocycles. The van der Waals surface area contributed by atoms with E-state index in [-0.39, 0.29) is 18.6 Å². The molecule has 0 saturated heterocycles. The van der Waals surface area contributed by atoms with Gasteiger partial charge < -0.3 is 20.0 Å². The third-order valence-corrected chi connectivity index (χ3v) is 4.85. The number of benzene rings is 2. The van der Waals surface area contributed by atoms with Gasteiger partial charge in [-0.25, -0.2) is 9.36 Å². The highest BCUT2D eigenvalue weighted by atomic mass is 16.5. The van der Waals surface area contributed by atoms with Crippen LogP contribution in [-0.4, -0.2) is 27.6 Å². The summed E-state index contributed by atoms with van der Waals surface area (Å²) < 4.78 is 5.98. The van der Waals surface area contributed by atoms with Crippen molar-refractivity contribution in [1.29, 1.82) is 0 Å². The number of carbonyl (C=O) groups is 1. The van der Waals surface area contributed by atoms with E-state index in [2.05, 4.69) is 15.3 Å². The van der Waals surface area contributed by atoms with E-state index in [9.17, 15) is 14.4 Å². The highest BCUT2D eigenvalue weighted by Gasteiger charge is 2.15. The first kappa shape index (κ1) is 19.3. The van der Waals surface area contributed by atoms with E-state index in [0.29, 0.717) is 5.52 Å². The lowest BCUT2D eigenvalue weighted by molar-refractivity contribution is -0.121. The first-order valence-electron chi connectivity index (χ1n) is 9.36. The Hall–Kier alpha value is -4.07. The molecule has 1 amide bonds. The lowest BCUT2D eigenvalue weighted by Gasteiger charge is -2.08. The number of nitrogens with zero attached hydrogens (tertiary/aromatic N) is 1. The summed E-state index contributed by atoms with van der Waals surface area (Å²) in [6.45, 7) is -0.0989. The summed E-state index contributed by atoms with van der Waals surface area (Å²) in [5.74, 6) is 0.282. The van der Waals surface area contributed by atoms with Crippen LogP contribution in [0.3, 0.4) is 0 Å². The van der Waals surface area contributed by atoms with Gasteiger partial charge in [-0.05, 0) is 23.3 Å². The second-order valence-corrected chi connectivity index (χ2v) is 6.76. The third-order valence-electron chi connectivity index (χ3n) is 4.85. The molecule has 0 aliphatic carbocycles. The molecular formula is C22H20N4O4. The maximum atomic E-state index is 12.8. The number of nitrogens with one attached hydrogen (secondary N) is 3. The molecule has 3 N–H and O–H groups in total. The van der Waals surface area contributed by atoms with Gasteiger partial charge in [0.25, 0.3) is 5.56 Å². The second kappa shape index (κ2) is 8.12. The summed E-state index contributed by atoms with van der Waals surface area (Å²) >= 11 is 0. The molecule has 4 aromatic rings. The molecule has 0 bridgehead atoms. The van der Waals surface area contributed by atoms with Gasteiger partial charge in [0.15, 0.2) is 0 Å². The maximum absolute atomic E-state index is 12.8. The smallest absolute Gasteiger partial charge is 0.329 e. The van der Waals surface area contributed by atoms with Crippen molar-refractivity contribution in [2.45, 2.75) is 13.1 Å². The zero-order valence-corrected chi connectivity index (χ0v) is 16.3. The lowest BCUT2D eigenvalue weighted by atomic mass is 10.1. The monoisotopic (exact) mass is 404 g/mol. The molecule has 8 heteroatoms. The molecule has 0 fully saturated rings. The van der Waals surface area contributed by atoms with E-state index in [1.807, 2.05) is 42.5 Å². The Bertz CT molecular complexity index is 1300. The highest BCUT2D eigenvalue weighted by molar-refractivity contribution is 5.91. The molecule has 2 aromatic heterocycles. The SMILES string of the molecule is COc1ccc(CNC(=O)Cn2c(=O)[nH]c3c(-c4ccccc4)c[nH]c3c2=O)cc1. The fourth-order valence-corrected chi connectivity index (χ4v) is 3.26. The first-order chi connectivity index (χ1) is 14.6. The van der Waals surface area contributed by atoms with Gasteiger partial charge in [0, 0.05) is 18.3 Å². The summed E-state index contributed by atoms with van der Waals surface area (Å²) in [6.07, 6.45) is 1.67. The van der Waals surface area contributed by atoms with Crippen molar-refractivity contribution in [3.8, 4) is 16.9 Å². The van der Waals surface area contributed by atoms with Crippen LogP contribution in [0.4, 0.5) is 0 Å². The van der Waals surface area contributed by atoms with Crippen molar-refractivity contribution in [3.63, 3.8) is 0 Å². The number of hydrogen-bond acceptors (Lipinski definition) is 4. The Labute approximate surface area is 171 Å². The first-order valence-corrected chi connectivity index (χ1v) is 9.36. The number of carbonyl (C=O) groups excluding carboxylic acids is 1. The predicted molar refractivity (Wildman–Crippen MR) is 113 cm³/mol. The lowest BCUT2D eigenvalue weighted by Crippen LogP contribution is -2.40. The van der Waals surface area contributed by atoms with Crippen LogP contribution in [-0.2, 0) is 17.9 Å². The summed E-state index contributed by atoms with van der Waals surface area (Å²) in [7, 11) is 1.58. The number of rotatable bonds is 6. The minimum atomic E-state index is -0.635. The quantitative estimate of drug-likeness (QED) is 0.457. The van der Waals surface area contributed by atoms with Crippen LogP contribution in [0.2, 0.25) is 0 Å². The predicted octanol–water partition coefficient (Wildman–Crippen LogP) is 2.01. The van der Waals surface area contributed by atoms with Crippen LogP contribution in [0.5, 0.6) is 5.75 Å². The molecule has 0 spiro atoms. The minimum Gasteiger partial charge on any atom is -0.497 e. The number of ether oxygens (including phenoxy) is 1. The van der Waals surface area contributed by atoms with E-state index in [4.69, 9.17) is 4.74 Å². The van der Waals surface area contributed by atoms with E-state index in [0.717, 1.165) is 27.0 Å². The summed E-state index contributed by atoms with van der Waals surface area (Å²) in [5, 5.41) is 2.72. The van der Waals surface area contributed by atoms with Gasteiger partial charge in [-0.3, -0.25) is 9.59 Å². The van der Waals surface area contributed by atoms with Crippen LogP contribution in [0, 0.1) is 0 Å². The van der Waals surface area contributed by atoms with Crippen LogP contribution >= 0.6 is 0 Å². The van der Waals surface area contributed by atoms with Crippen LogP contribution < -0.4 is 21.3 Å². The van der Waals surface area contributed by atoms with Crippen LogP contribution in [0.1, 0.15) is 5.56 Å². The maximum Gasteiger partial charge on any atom is 0.329 e. The average molecular weight is 404 g/mol. The van der Waals surface area contributed by atoms with Crippen molar-refractivity contribution in [2.75, 3.05) is 7.11 Å². The molecular weight excluding hydrogens is 384 g/mol. The molecule has 30 heavy (non-hydrogen) atoms. The molecule has 8 nitrogen and oxygen atoms in total. The second-order valence-electron chi connectivity index (χ2n) is 6.76. The topological polar surface area (TPSA) is 109 Å². The Morgan fingerprint density at radius 3 is 2.47 bits per heavy atom. The molecule has 4 rings (SSSR count). The molecule has 0 aliphatic heterocycles. The fraction of sp³-hybridized carbons (Fsp3) is 0.136. The minimum absolute atomic E-state index is 0.247. The number of H-pyrrole nitrogens is 2. The molecule has 0 atom stereocenters. The van der Waals surface area contributed by atoms with Crippen molar-refractivity contribution >= 4 is 16.9 Å². The zero-order chi connectivity index (χ0) is 21.1. The Morgan fingerprint density at radius 1 is 1.03 bits per heavy atom. The van der Waals surface area contributed by atoms with Crippen LogP contribution in [0.15, 0.2) is 70.4 Å². The van der Waals surface area contributed by atoms with Gasteiger partial charge in [0.05, 0.1) is 12.6 Å². The molecule has 0 aliphatic rings. The highest BCUT2D eigenvalue weighted by Crippen LogP contribution is 2.24. The van der Waals surface area contributed by atoms with E-state index in [1.165, 1.54) is 0 Å². The number of aromatic amines is 2. The Balaban J connectivity index is 1.55. The zero-order valence-electron chi connectivity index (χ0n) is 16.3. The standard InChI is InChI=1S/C22H20N4O4/c1-30-16-9-7-14(8-10-16)11-23-18(27)13-26-21(28)20-19(25-22(26)29)17(12-24-20)15-5-3-2-4-6-15/h2-10,12,24H,11,13H2,1H3,(H,23,27)(H,25,29).